The van der Waals surface area contributed by atoms with Crippen LogP contribution in [0.2, 0.25) is 0 Å². The van der Waals surface area contributed by atoms with E-state index in [9.17, 15) is 4.79 Å². The molecule has 18 heavy (non-hydrogen) atoms. The van der Waals surface area contributed by atoms with Crippen molar-refractivity contribution in [1.82, 2.24) is 0 Å². The molecule has 3 heteroatoms. The molecule has 0 spiro atoms. The molecule has 0 radical (unpaired) electrons. The second-order valence-corrected chi connectivity index (χ2v) is 4.87. The Labute approximate surface area is 109 Å². The summed E-state index contributed by atoms with van der Waals surface area (Å²) in [4.78, 5) is 11.1. The minimum Gasteiger partial charge on any atom is -0.496 e. The molecule has 0 amide bonds. The first kappa shape index (κ1) is 14.6. The molecular weight excluding hydrogens is 228 g/mol. The number of benzene rings is 1. The maximum absolute atomic E-state index is 11.1. The van der Waals surface area contributed by atoms with Crippen molar-refractivity contribution < 1.29 is 14.6 Å². The van der Waals surface area contributed by atoms with Gasteiger partial charge in [-0.15, -0.1) is 0 Å². The predicted octanol–water partition coefficient (Wildman–Crippen LogP) is 3.57. The summed E-state index contributed by atoms with van der Waals surface area (Å²) in [5, 5.41) is 9.12. The van der Waals surface area contributed by atoms with Crippen LogP contribution in [0.15, 0.2) is 12.1 Å². The van der Waals surface area contributed by atoms with Gasteiger partial charge >= 0.3 is 5.97 Å². The van der Waals surface area contributed by atoms with Gasteiger partial charge < -0.3 is 9.84 Å². The summed E-state index contributed by atoms with van der Waals surface area (Å²) in [6, 6.07) is 3.91. The highest BCUT2D eigenvalue weighted by atomic mass is 16.5. The smallest absolute Gasteiger partial charge is 0.310 e. The largest absolute Gasteiger partial charge is 0.496 e. The lowest BCUT2D eigenvalue weighted by molar-refractivity contribution is -0.138. The van der Waals surface area contributed by atoms with Crippen molar-refractivity contribution in [2.75, 3.05) is 7.11 Å². The fraction of sp³-hybridized carbons (Fsp3) is 0.533. The standard InChI is InChI=1S/C15H22O3/c1-6-11-7-12(10(4)15(16)17)8-13(9(2)3)14(11)18-5/h7-10H,6H2,1-5H3,(H,16,17). The first-order valence-electron chi connectivity index (χ1n) is 6.35. The average molecular weight is 250 g/mol. The summed E-state index contributed by atoms with van der Waals surface area (Å²) >= 11 is 0. The molecule has 1 aromatic carbocycles. The van der Waals surface area contributed by atoms with E-state index >= 15 is 0 Å². The quantitative estimate of drug-likeness (QED) is 0.869. The van der Waals surface area contributed by atoms with Crippen LogP contribution in [-0.2, 0) is 11.2 Å². The van der Waals surface area contributed by atoms with E-state index in [0.717, 1.165) is 28.9 Å². The second-order valence-electron chi connectivity index (χ2n) is 4.87. The minimum atomic E-state index is -0.795. The third kappa shape index (κ3) is 2.84. The number of hydrogen-bond acceptors (Lipinski definition) is 2. The number of hydrogen-bond donors (Lipinski definition) is 1. The van der Waals surface area contributed by atoms with Crippen LogP contribution in [0.5, 0.6) is 5.75 Å². The van der Waals surface area contributed by atoms with Gasteiger partial charge in [0.2, 0.25) is 0 Å². The van der Waals surface area contributed by atoms with Crippen molar-refractivity contribution in [3.8, 4) is 5.75 Å². The molecule has 0 fully saturated rings. The van der Waals surface area contributed by atoms with Crippen LogP contribution >= 0.6 is 0 Å². The van der Waals surface area contributed by atoms with Gasteiger partial charge in [-0.2, -0.15) is 0 Å². The molecule has 0 saturated carbocycles. The minimum absolute atomic E-state index is 0.311. The molecule has 0 saturated heterocycles. The average Bonchev–Trinajstić information content (AvgIpc) is 2.35. The maximum atomic E-state index is 11.1. The number of carboxylic acid groups (broad SMARTS) is 1. The van der Waals surface area contributed by atoms with E-state index in [1.165, 1.54) is 0 Å². The van der Waals surface area contributed by atoms with Crippen molar-refractivity contribution in [3.63, 3.8) is 0 Å². The molecule has 0 aliphatic heterocycles. The number of carbonyl (C=O) groups is 1. The molecule has 1 aromatic rings. The molecular formula is C15H22O3. The second kappa shape index (κ2) is 5.89. The fourth-order valence-electron chi connectivity index (χ4n) is 2.07. The third-order valence-corrected chi connectivity index (χ3v) is 3.29. The normalized spacial score (nSPS) is 12.6. The molecule has 0 bridgehead atoms. The Kier molecular flexibility index (Phi) is 4.76. The molecule has 3 nitrogen and oxygen atoms in total. The van der Waals surface area contributed by atoms with Crippen molar-refractivity contribution in [1.29, 1.82) is 0 Å². The Hall–Kier alpha value is -1.51. The molecule has 1 atom stereocenters. The van der Waals surface area contributed by atoms with Gasteiger partial charge in [-0.3, -0.25) is 4.79 Å². The lowest BCUT2D eigenvalue weighted by Crippen LogP contribution is -2.10. The molecule has 0 aliphatic rings. The van der Waals surface area contributed by atoms with Crippen molar-refractivity contribution in [2.45, 2.75) is 46.0 Å². The lowest BCUT2D eigenvalue weighted by Gasteiger charge is -2.19. The Morgan fingerprint density at radius 3 is 2.33 bits per heavy atom. The summed E-state index contributed by atoms with van der Waals surface area (Å²) in [5.41, 5.74) is 3.01. The van der Waals surface area contributed by atoms with Gasteiger partial charge in [0.25, 0.3) is 0 Å². The molecule has 0 aliphatic carbocycles. The molecule has 1 N–H and O–H groups in total. The van der Waals surface area contributed by atoms with Crippen LogP contribution in [0.1, 0.15) is 56.2 Å². The van der Waals surface area contributed by atoms with Gasteiger partial charge in [-0.25, -0.2) is 0 Å². The van der Waals surface area contributed by atoms with Crippen LogP contribution in [0.4, 0.5) is 0 Å². The molecule has 0 heterocycles. The fourth-order valence-corrected chi connectivity index (χ4v) is 2.07. The number of rotatable bonds is 5. The Balaban J connectivity index is 3.40. The highest BCUT2D eigenvalue weighted by molar-refractivity contribution is 5.76. The van der Waals surface area contributed by atoms with E-state index in [2.05, 4.69) is 20.8 Å². The zero-order valence-electron chi connectivity index (χ0n) is 11.8. The number of carboxylic acids is 1. The number of aliphatic carboxylic acids is 1. The maximum Gasteiger partial charge on any atom is 0.310 e. The summed E-state index contributed by atoms with van der Waals surface area (Å²) in [6.07, 6.45) is 0.836. The van der Waals surface area contributed by atoms with Crippen LogP contribution in [0.3, 0.4) is 0 Å². The van der Waals surface area contributed by atoms with Gasteiger partial charge in [-0.05, 0) is 36.0 Å². The van der Waals surface area contributed by atoms with Crippen molar-refractivity contribution in [2.24, 2.45) is 0 Å². The SMILES string of the molecule is CCc1cc(C(C)C(=O)O)cc(C(C)C)c1OC. The summed E-state index contributed by atoms with van der Waals surface area (Å²) in [7, 11) is 1.67. The highest BCUT2D eigenvalue weighted by Gasteiger charge is 2.19. The highest BCUT2D eigenvalue weighted by Crippen LogP contribution is 2.34. The van der Waals surface area contributed by atoms with E-state index in [4.69, 9.17) is 9.84 Å². The lowest BCUT2D eigenvalue weighted by atomic mass is 9.90. The summed E-state index contributed by atoms with van der Waals surface area (Å²) in [5.74, 6) is -0.0735. The van der Waals surface area contributed by atoms with Gasteiger partial charge in [0.15, 0.2) is 0 Å². The monoisotopic (exact) mass is 250 g/mol. The van der Waals surface area contributed by atoms with Crippen LogP contribution in [0.25, 0.3) is 0 Å². The van der Waals surface area contributed by atoms with Crippen molar-refractivity contribution >= 4 is 5.97 Å². The van der Waals surface area contributed by atoms with E-state index in [1.54, 1.807) is 14.0 Å². The first-order valence-corrected chi connectivity index (χ1v) is 6.35. The predicted molar refractivity (Wildman–Crippen MR) is 72.5 cm³/mol. The van der Waals surface area contributed by atoms with Gasteiger partial charge in [0, 0.05) is 0 Å². The van der Waals surface area contributed by atoms with E-state index in [1.807, 2.05) is 12.1 Å². The van der Waals surface area contributed by atoms with Gasteiger partial charge in [0.1, 0.15) is 5.75 Å². The Morgan fingerprint density at radius 2 is 1.94 bits per heavy atom. The van der Waals surface area contributed by atoms with Crippen LogP contribution in [-0.4, -0.2) is 18.2 Å². The summed E-state index contributed by atoms with van der Waals surface area (Å²) < 4.78 is 5.48. The topological polar surface area (TPSA) is 46.5 Å². The van der Waals surface area contributed by atoms with E-state index in [-0.39, 0.29) is 0 Å². The van der Waals surface area contributed by atoms with Crippen LogP contribution in [0, 0.1) is 0 Å². The first-order chi connectivity index (χ1) is 8.42. The van der Waals surface area contributed by atoms with E-state index < -0.39 is 11.9 Å². The Bertz CT molecular complexity index is 436. The summed E-state index contributed by atoms with van der Waals surface area (Å²) in [6.45, 7) is 7.95. The van der Waals surface area contributed by atoms with Crippen LogP contribution < -0.4 is 4.74 Å². The number of methoxy groups -OCH3 is 1. The van der Waals surface area contributed by atoms with Gasteiger partial charge in [0.05, 0.1) is 13.0 Å². The Morgan fingerprint density at radius 1 is 1.33 bits per heavy atom. The molecule has 1 rings (SSSR count). The molecule has 100 valence electrons. The number of ether oxygens (including phenoxy) is 1. The molecule has 1 unspecified atom stereocenters. The van der Waals surface area contributed by atoms with Gasteiger partial charge in [-0.1, -0.05) is 32.9 Å². The van der Waals surface area contributed by atoms with Crippen molar-refractivity contribution in [3.05, 3.63) is 28.8 Å². The third-order valence-electron chi connectivity index (χ3n) is 3.29. The molecule has 0 aromatic heterocycles. The zero-order valence-corrected chi connectivity index (χ0v) is 11.8. The zero-order chi connectivity index (χ0) is 13.9. The number of aryl methyl sites for hydroxylation is 1. The van der Waals surface area contributed by atoms with E-state index in [0.29, 0.717) is 5.92 Å².